The first-order chi connectivity index (χ1) is 15.5. The summed E-state index contributed by atoms with van der Waals surface area (Å²) >= 11 is 0. The first kappa shape index (κ1) is 21.0. The number of halogens is 3. The van der Waals surface area contributed by atoms with Crippen LogP contribution in [-0.4, -0.2) is 50.0 Å². The van der Waals surface area contributed by atoms with Gasteiger partial charge >= 0.3 is 0 Å². The van der Waals surface area contributed by atoms with Crippen molar-refractivity contribution >= 4 is 22.8 Å². The maximum absolute atomic E-state index is 14.2. The number of benzene rings is 1. The van der Waals surface area contributed by atoms with Gasteiger partial charge in [0.25, 0.3) is 0 Å². The summed E-state index contributed by atoms with van der Waals surface area (Å²) in [5.41, 5.74) is 0.656. The molecule has 0 radical (unpaired) electrons. The van der Waals surface area contributed by atoms with Crippen molar-refractivity contribution < 1.29 is 23.0 Å². The maximum Gasteiger partial charge on any atom is 0.224 e. The molecule has 1 unspecified atom stereocenters. The van der Waals surface area contributed by atoms with E-state index in [0.29, 0.717) is 48.9 Å². The third-order valence-corrected chi connectivity index (χ3v) is 5.97. The van der Waals surface area contributed by atoms with Gasteiger partial charge in [-0.15, -0.1) is 0 Å². The SMILES string of the molecule is O[C@H]1CC[C@H](Nc2ncc3[nH]/c(=N\c4c(F)cc(F)cc4F)n(C4CCOC4)c3n2)CC1. The molecule has 3 N–H and O–H groups in total. The number of anilines is 1. The summed E-state index contributed by atoms with van der Waals surface area (Å²) in [6.07, 6.45) is 5.09. The van der Waals surface area contributed by atoms with Gasteiger partial charge in [-0.2, -0.15) is 4.98 Å². The Morgan fingerprint density at radius 3 is 2.56 bits per heavy atom. The van der Waals surface area contributed by atoms with Gasteiger partial charge in [-0.05, 0) is 32.1 Å². The van der Waals surface area contributed by atoms with Crippen molar-refractivity contribution in [3.8, 4) is 0 Å². The lowest BCUT2D eigenvalue weighted by Gasteiger charge is -2.26. The fourth-order valence-electron chi connectivity index (χ4n) is 4.30. The number of nitrogens with zero attached hydrogens (tertiary/aromatic N) is 4. The summed E-state index contributed by atoms with van der Waals surface area (Å²) in [7, 11) is 0. The van der Waals surface area contributed by atoms with Crippen molar-refractivity contribution in [1.82, 2.24) is 19.5 Å². The van der Waals surface area contributed by atoms with Gasteiger partial charge in [0.05, 0.1) is 24.9 Å². The number of fused-ring (bicyclic) bond motifs is 1. The van der Waals surface area contributed by atoms with Crippen molar-refractivity contribution in [2.45, 2.75) is 50.3 Å². The van der Waals surface area contributed by atoms with Crippen LogP contribution >= 0.6 is 0 Å². The fourth-order valence-corrected chi connectivity index (χ4v) is 4.30. The molecule has 2 fully saturated rings. The summed E-state index contributed by atoms with van der Waals surface area (Å²) in [5, 5.41) is 13.0. The Morgan fingerprint density at radius 2 is 1.88 bits per heavy atom. The largest absolute Gasteiger partial charge is 0.393 e. The normalized spacial score (nSPS) is 24.4. The van der Waals surface area contributed by atoms with Crippen LogP contribution in [0.5, 0.6) is 0 Å². The van der Waals surface area contributed by atoms with Crippen LogP contribution in [0.15, 0.2) is 23.3 Å². The van der Waals surface area contributed by atoms with Crippen LogP contribution < -0.4 is 10.9 Å². The van der Waals surface area contributed by atoms with E-state index in [1.807, 2.05) is 0 Å². The number of hydrogen-bond donors (Lipinski definition) is 3. The highest BCUT2D eigenvalue weighted by Crippen LogP contribution is 2.26. The van der Waals surface area contributed by atoms with Gasteiger partial charge in [-0.3, -0.25) is 4.57 Å². The zero-order valence-corrected chi connectivity index (χ0v) is 17.2. The number of hydrogen-bond acceptors (Lipinski definition) is 6. The molecule has 2 aromatic heterocycles. The minimum atomic E-state index is -1.09. The van der Waals surface area contributed by atoms with E-state index in [1.165, 1.54) is 0 Å². The second-order valence-electron chi connectivity index (χ2n) is 8.25. The molecule has 1 saturated carbocycles. The van der Waals surface area contributed by atoms with Crippen molar-refractivity contribution in [2.24, 2.45) is 4.99 Å². The third-order valence-electron chi connectivity index (χ3n) is 5.97. The summed E-state index contributed by atoms with van der Waals surface area (Å²) in [5.74, 6) is -2.77. The van der Waals surface area contributed by atoms with Gasteiger partial charge in [0.1, 0.15) is 17.0 Å². The lowest BCUT2D eigenvalue weighted by atomic mass is 9.93. The molecular weight excluding hydrogens is 425 g/mol. The Hall–Kier alpha value is -2.92. The maximum atomic E-state index is 14.2. The van der Waals surface area contributed by atoms with Crippen molar-refractivity contribution in [1.29, 1.82) is 0 Å². The lowest BCUT2D eigenvalue weighted by Crippen LogP contribution is -2.29. The third kappa shape index (κ3) is 4.09. The van der Waals surface area contributed by atoms with E-state index in [-0.39, 0.29) is 23.8 Å². The predicted octanol–water partition coefficient (Wildman–Crippen LogP) is 3.09. The highest BCUT2D eigenvalue weighted by molar-refractivity contribution is 5.71. The van der Waals surface area contributed by atoms with Crippen LogP contribution in [0.1, 0.15) is 38.1 Å². The average Bonchev–Trinajstić information content (AvgIpc) is 3.39. The zero-order chi connectivity index (χ0) is 22.2. The fraction of sp³-hybridized carbons (Fsp3) is 0.476. The van der Waals surface area contributed by atoms with E-state index in [9.17, 15) is 18.3 Å². The van der Waals surface area contributed by atoms with Crippen LogP contribution in [0.3, 0.4) is 0 Å². The highest BCUT2D eigenvalue weighted by Gasteiger charge is 2.24. The number of aliphatic hydroxyl groups is 1. The topological polar surface area (TPSA) is 100 Å². The molecule has 0 spiro atoms. The standard InChI is InChI=1S/C21H23F3N6O2/c22-11-7-15(23)18(16(24)8-11)28-21-27-17-9-25-20(26-12-1-3-14(31)4-2-12)29-19(17)30(21)13-5-6-32-10-13/h7-9,12-14,31H,1-6,10H2,(H,27,28)(H,25,26,29)/t12-,13?,14-. The first-order valence-corrected chi connectivity index (χ1v) is 10.7. The van der Waals surface area contributed by atoms with Crippen LogP contribution in [-0.2, 0) is 4.74 Å². The zero-order valence-electron chi connectivity index (χ0n) is 17.2. The number of rotatable bonds is 4. The Balaban J connectivity index is 1.58. The second kappa shape index (κ2) is 8.55. The Bertz CT molecular complexity index is 1170. The molecule has 170 valence electrons. The molecule has 0 amide bonds. The van der Waals surface area contributed by atoms with E-state index in [2.05, 4.69) is 25.3 Å². The molecule has 1 aliphatic heterocycles. The first-order valence-electron chi connectivity index (χ1n) is 10.7. The molecule has 0 bridgehead atoms. The monoisotopic (exact) mass is 448 g/mol. The molecule has 3 aromatic rings. The summed E-state index contributed by atoms with van der Waals surface area (Å²) in [4.78, 5) is 16.2. The van der Waals surface area contributed by atoms with Crippen LogP contribution in [0.25, 0.3) is 11.2 Å². The number of aromatic amines is 1. The number of imidazole rings is 1. The molecule has 8 nitrogen and oxygen atoms in total. The average molecular weight is 448 g/mol. The van der Waals surface area contributed by atoms with Crippen molar-refractivity contribution in [3.05, 3.63) is 41.4 Å². The molecule has 1 aromatic carbocycles. The smallest absolute Gasteiger partial charge is 0.224 e. The summed E-state index contributed by atoms with van der Waals surface area (Å²) in [6.45, 7) is 0.950. The molecule has 1 aliphatic carbocycles. The molecule has 3 heterocycles. The second-order valence-corrected chi connectivity index (χ2v) is 8.25. The van der Waals surface area contributed by atoms with E-state index in [4.69, 9.17) is 4.74 Å². The predicted molar refractivity (Wildman–Crippen MR) is 110 cm³/mol. The number of nitrogens with one attached hydrogen (secondary N) is 2. The van der Waals surface area contributed by atoms with Crippen LogP contribution in [0.4, 0.5) is 24.8 Å². The number of H-pyrrole nitrogens is 1. The Labute approximate surface area is 181 Å². The van der Waals surface area contributed by atoms with Crippen molar-refractivity contribution in [3.63, 3.8) is 0 Å². The molecule has 5 rings (SSSR count). The minimum absolute atomic E-state index is 0.137. The van der Waals surface area contributed by atoms with Crippen LogP contribution in [0.2, 0.25) is 0 Å². The van der Waals surface area contributed by atoms with E-state index in [1.54, 1.807) is 10.8 Å². The number of aliphatic hydroxyl groups excluding tert-OH is 1. The van der Waals surface area contributed by atoms with Crippen LogP contribution in [0, 0.1) is 17.5 Å². The number of aromatic nitrogens is 4. The van der Waals surface area contributed by atoms with Crippen molar-refractivity contribution in [2.75, 3.05) is 18.5 Å². The lowest BCUT2D eigenvalue weighted by molar-refractivity contribution is 0.126. The van der Waals surface area contributed by atoms with E-state index >= 15 is 0 Å². The molecule has 32 heavy (non-hydrogen) atoms. The molecule has 1 atom stereocenters. The molecule has 1 saturated heterocycles. The van der Waals surface area contributed by atoms with E-state index < -0.39 is 23.1 Å². The quantitative estimate of drug-likeness (QED) is 0.570. The number of ether oxygens (including phenoxy) is 1. The molecule has 2 aliphatic rings. The van der Waals surface area contributed by atoms with Gasteiger partial charge in [0, 0.05) is 24.8 Å². The van der Waals surface area contributed by atoms with Gasteiger partial charge in [-0.1, -0.05) is 0 Å². The molecule has 11 heteroatoms. The van der Waals surface area contributed by atoms with Gasteiger partial charge < -0.3 is 20.1 Å². The molecular formula is C21H23F3N6O2. The minimum Gasteiger partial charge on any atom is -0.393 e. The summed E-state index contributed by atoms with van der Waals surface area (Å²) in [6, 6.07) is 1.21. The van der Waals surface area contributed by atoms with Gasteiger partial charge in [-0.25, -0.2) is 23.1 Å². The Kier molecular flexibility index (Phi) is 5.60. The van der Waals surface area contributed by atoms with E-state index in [0.717, 1.165) is 25.7 Å². The summed E-state index contributed by atoms with van der Waals surface area (Å²) < 4.78 is 49.0. The highest BCUT2D eigenvalue weighted by atomic mass is 19.1. The van der Waals surface area contributed by atoms with Gasteiger partial charge in [0.2, 0.25) is 11.6 Å². The Morgan fingerprint density at radius 1 is 1.12 bits per heavy atom. The van der Waals surface area contributed by atoms with Gasteiger partial charge in [0.15, 0.2) is 17.3 Å².